The summed E-state index contributed by atoms with van der Waals surface area (Å²) < 4.78 is 15.7. The van der Waals surface area contributed by atoms with Gasteiger partial charge < -0.3 is 19.5 Å². The summed E-state index contributed by atoms with van der Waals surface area (Å²) in [5.74, 6) is 0.915. The lowest BCUT2D eigenvalue weighted by atomic mass is 10.2. The number of hydrogen-bond donors (Lipinski definition) is 1. The Kier molecular flexibility index (Phi) is 3.52. The molecular weight excluding hydrogens is 240 g/mol. The molecule has 1 N–H and O–H groups in total. The van der Waals surface area contributed by atoms with Crippen molar-refractivity contribution in [3.05, 3.63) is 22.2 Å². The fourth-order valence-corrected chi connectivity index (χ4v) is 1.61. The molecule has 0 atom stereocenters. The summed E-state index contributed by atoms with van der Waals surface area (Å²) >= 11 is 0. The molecule has 0 amide bonds. The highest BCUT2D eigenvalue weighted by Gasteiger charge is 2.26. The van der Waals surface area contributed by atoms with Crippen LogP contribution in [0.5, 0.6) is 17.2 Å². The van der Waals surface area contributed by atoms with Crippen molar-refractivity contribution < 1.29 is 19.1 Å². The molecule has 1 aromatic carbocycles. The highest BCUT2D eigenvalue weighted by molar-refractivity contribution is 5.58. The van der Waals surface area contributed by atoms with Gasteiger partial charge in [-0.2, -0.15) is 0 Å². The highest BCUT2D eigenvalue weighted by Crippen LogP contribution is 2.39. The molecule has 7 heteroatoms. The van der Waals surface area contributed by atoms with Crippen LogP contribution in [0.1, 0.15) is 0 Å². The topological polar surface area (TPSA) is 82.9 Å². The molecule has 0 aliphatic carbocycles. The van der Waals surface area contributed by atoms with E-state index in [4.69, 9.17) is 14.2 Å². The minimum Gasteiger partial charge on any atom is -0.493 e. The fourth-order valence-electron chi connectivity index (χ4n) is 1.61. The van der Waals surface area contributed by atoms with Gasteiger partial charge in [0.2, 0.25) is 5.75 Å². The van der Waals surface area contributed by atoms with Gasteiger partial charge in [0.25, 0.3) is 0 Å². The first kappa shape index (κ1) is 12.4. The van der Waals surface area contributed by atoms with Crippen molar-refractivity contribution in [2.75, 3.05) is 27.3 Å². The monoisotopic (exact) mass is 254 g/mol. The highest BCUT2D eigenvalue weighted by atomic mass is 16.6. The zero-order valence-electron chi connectivity index (χ0n) is 10.1. The maximum atomic E-state index is 11.0. The van der Waals surface area contributed by atoms with E-state index in [-0.39, 0.29) is 17.5 Å². The summed E-state index contributed by atoms with van der Waals surface area (Å²) in [6.07, 6.45) is -0.0400. The predicted octanol–water partition coefficient (Wildman–Crippen LogP) is 0.963. The standard InChI is InChI=1S/C11H14N2O5/c1-16-10-3-8(13(14)15)9(4-11(10)17-2)18-7-5-12-6-7/h3-4,7,12H,5-6H2,1-2H3. The summed E-state index contributed by atoms with van der Waals surface area (Å²) in [7, 11) is 2.90. The van der Waals surface area contributed by atoms with E-state index in [0.717, 1.165) is 0 Å². The number of nitrogens with zero attached hydrogens (tertiary/aromatic N) is 1. The molecule has 0 radical (unpaired) electrons. The van der Waals surface area contributed by atoms with Gasteiger partial charge in [-0.25, -0.2) is 0 Å². The second-order valence-corrected chi connectivity index (χ2v) is 3.83. The third kappa shape index (κ3) is 2.30. The first-order chi connectivity index (χ1) is 8.65. The van der Waals surface area contributed by atoms with E-state index in [2.05, 4.69) is 5.32 Å². The molecule has 1 saturated heterocycles. The third-order valence-electron chi connectivity index (χ3n) is 2.70. The first-order valence-corrected chi connectivity index (χ1v) is 5.43. The van der Waals surface area contributed by atoms with Gasteiger partial charge in [0.05, 0.1) is 25.2 Å². The largest absolute Gasteiger partial charge is 0.493 e. The van der Waals surface area contributed by atoms with Crippen molar-refractivity contribution in [2.24, 2.45) is 0 Å². The number of benzene rings is 1. The maximum Gasteiger partial charge on any atom is 0.314 e. The van der Waals surface area contributed by atoms with Crippen molar-refractivity contribution in [3.63, 3.8) is 0 Å². The van der Waals surface area contributed by atoms with Gasteiger partial charge in [0.15, 0.2) is 11.5 Å². The van der Waals surface area contributed by atoms with Crippen LogP contribution in [0, 0.1) is 10.1 Å². The Balaban J connectivity index is 2.36. The normalized spacial score (nSPS) is 14.8. The number of nitrogens with one attached hydrogen (secondary N) is 1. The number of methoxy groups -OCH3 is 2. The van der Waals surface area contributed by atoms with Crippen LogP contribution >= 0.6 is 0 Å². The molecule has 1 fully saturated rings. The summed E-state index contributed by atoms with van der Waals surface area (Å²) in [5.41, 5.74) is -0.125. The van der Waals surface area contributed by atoms with Gasteiger partial charge >= 0.3 is 5.69 Å². The first-order valence-electron chi connectivity index (χ1n) is 5.43. The van der Waals surface area contributed by atoms with Crippen molar-refractivity contribution in [3.8, 4) is 17.2 Å². The lowest BCUT2D eigenvalue weighted by Gasteiger charge is -2.27. The van der Waals surface area contributed by atoms with E-state index in [1.54, 1.807) is 0 Å². The van der Waals surface area contributed by atoms with Crippen LogP contribution < -0.4 is 19.5 Å². The SMILES string of the molecule is COc1cc(OC2CNC2)c([N+](=O)[O-])cc1OC. The Bertz CT molecular complexity index is 459. The minimum absolute atomic E-state index is 0.0400. The van der Waals surface area contributed by atoms with Crippen LogP contribution in [0.3, 0.4) is 0 Å². The predicted molar refractivity (Wildman–Crippen MR) is 63.5 cm³/mol. The van der Waals surface area contributed by atoms with Crippen LogP contribution in [0.4, 0.5) is 5.69 Å². The molecule has 1 aliphatic rings. The molecule has 0 spiro atoms. The van der Waals surface area contributed by atoms with E-state index in [9.17, 15) is 10.1 Å². The number of nitro benzene ring substituents is 1. The lowest BCUT2D eigenvalue weighted by molar-refractivity contribution is -0.386. The Morgan fingerprint density at radius 1 is 1.22 bits per heavy atom. The summed E-state index contributed by atoms with van der Waals surface area (Å²) in [4.78, 5) is 10.5. The summed E-state index contributed by atoms with van der Waals surface area (Å²) in [6.45, 7) is 1.37. The molecule has 2 rings (SSSR count). The zero-order valence-corrected chi connectivity index (χ0v) is 10.1. The van der Waals surface area contributed by atoms with Gasteiger partial charge in [0, 0.05) is 19.2 Å². The van der Waals surface area contributed by atoms with Gasteiger partial charge in [-0.05, 0) is 0 Å². The average molecular weight is 254 g/mol. The minimum atomic E-state index is -0.497. The van der Waals surface area contributed by atoms with E-state index in [1.807, 2.05) is 0 Å². The van der Waals surface area contributed by atoms with E-state index in [1.165, 1.54) is 26.4 Å². The maximum absolute atomic E-state index is 11.0. The smallest absolute Gasteiger partial charge is 0.314 e. The zero-order chi connectivity index (χ0) is 13.1. The van der Waals surface area contributed by atoms with E-state index < -0.39 is 4.92 Å². The molecule has 0 unspecified atom stereocenters. The molecular formula is C11H14N2O5. The number of ether oxygens (including phenoxy) is 3. The molecule has 1 aromatic rings. The number of rotatable bonds is 5. The van der Waals surface area contributed by atoms with E-state index >= 15 is 0 Å². The van der Waals surface area contributed by atoms with Crippen LogP contribution in [-0.4, -0.2) is 38.3 Å². The van der Waals surface area contributed by atoms with Crippen molar-refractivity contribution >= 4 is 5.69 Å². The van der Waals surface area contributed by atoms with E-state index in [0.29, 0.717) is 24.6 Å². The Labute approximate surface area is 104 Å². The molecule has 1 heterocycles. The Morgan fingerprint density at radius 2 is 1.83 bits per heavy atom. The second-order valence-electron chi connectivity index (χ2n) is 3.83. The Hall–Kier alpha value is -2.02. The molecule has 0 aromatic heterocycles. The lowest BCUT2D eigenvalue weighted by Crippen LogP contribution is -2.50. The Morgan fingerprint density at radius 3 is 2.28 bits per heavy atom. The van der Waals surface area contributed by atoms with Gasteiger partial charge in [-0.3, -0.25) is 10.1 Å². The molecule has 98 valence electrons. The molecule has 7 nitrogen and oxygen atoms in total. The average Bonchev–Trinajstić information content (AvgIpc) is 2.32. The van der Waals surface area contributed by atoms with Crippen LogP contribution in [0.2, 0.25) is 0 Å². The summed E-state index contributed by atoms with van der Waals surface area (Å²) in [5, 5.41) is 14.0. The molecule has 1 aliphatic heterocycles. The van der Waals surface area contributed by atoms with Crippen LogP contribution in [0.25, 0.3) is 0 Å². The molecule has 18 heavy (non-hydrogen) atoms. The molecule has 0 saturated carbocycles. The van der Waals surface area contributed by atoms with Gasteiger partial charge in [0.1, 0.15) is 6.10 Å². The quantitative estimate of drug-likeness (QED) is 0.622. The fraction of sp³-hybridized carbons (Fsp3) is 0.455. The van der Waals surface area contributed by atoms with Crippen LogP contribution in [0.15, 0.2) is 12.1 Å². The van der Waals surface area contributed by atoms with Gasteiger partial charge in [-0.15, -0.1) is 0 Å². The third-order valence-corrected chi connectivity index (χ3v) is 2.70. The summed E-state index contributed by atoms with van der Waals surface area (Å²) in [6, 6.07) is 2.79. The van der Waals surface area contributed by atoms with Crippen molar-refractivity contribution in [1.82, 2.24) is 5.32 Å². The van der Waals surface area contributed by atoms with Gasteiger partial charge in [-0.1, -0.05) is 0 Å². The van der Waals surface area contributed by atoms with Crippen molar-refractivity contribution in [1.29, 1.82) is 0 Å². The number of nitro groups is 1. The second kappa shape index (κ2) is 5.09. The van der Waals surface area contributed by atoms with Crippen molar-refractivity contribution in [2.45, 2.75) is 6.10 Å². The number of hydrogen-bond acceptors (Lipinski definition) is 6. The van der Waals surface area contributed by atoms with Crippen LogP contribution in [-0.2, 0) is 0 Å². The molecule has 0 bridgehead atoms.